The summed E-state index contributed by atoms with van der Waals surface area (Å²) in [5.41, 5.74) is 0. The fourth-order valence-electron chi connectivity index (χ4n) is 2.30. The van der Waals surface area contributed by atoms with Crippen molar-refractivity contribution in [3.8, 4) is 0 Å². The van der Waals surface area contributed by atoms with Crippen molar-refractivity contribution in [2.24, 2.45) is 0 Å². The van der Waals surface area contributed by atoms with Gasteiger partial charge in [-0.2, -0.15) is 0 Å². The summed E-state index contributed by atoms with van der Waals surface area (Å²) in [6, 6.07) is 0. The molecule has 1 heterocycles. The summed E-state index contributed by atoms with van der Waals surface area (Å²) in [7, 11) is 0. The molecule has 94 valence electrons. The first-order valence-corrected chi connectivity index (χ1v) is 7.02. The molecular weight excluding hydrogens is 200 g/mol. The van der Waals surface area contributed by atoms with Gasteiger partial charge in [0.1, 0.15) is 6.10 Å². The molecule has 2 nitrogen and oxygen atoms in total. The predicted octanol–water partition coefficient (Wildman–Crippen LogP) is 4.22. The van der Waals surface area contributed by atoms with Gasteiger partial charge in [0.25, 0.3) is 0 Å². The largest absolute Gasteiger partial charge is 0.462 e. The molecule has 1 aliphatic heterocycles. The summed E-state index contributed by atoms with van der Waals surface area (Å²) in [5.74, 6) is 0.0217. The molecule has 2 heteroatoms. The molecule has 0 saturated carbocycles. The summed E-state index contributed by atoms with van der Waals surface area (Å²) >= 11 is 0. The first-order valence-electron chi connectivity index (χ1n) is 7.02. The third kappa shape index (κ3) is 6.14. The van der Waals surface area contributed by atoms with Gasteiger partial charge >= 0.3 is 5.97 Å². The Labute approximate surface area is 99.8 Å². The van der Waals surface area contributed by atoms with E-state index in [1.807, 2.05) is 0 Å². The van der Waals surface area contributed by atoms with E-state index in [1.165, 1.54) is 38.5 Å². The van der Waals surface area contributed by atoms with Crippen molar-refractivity contribution in [3.05, 3.63) is 0 Å². The SMILES string of the molecule is CCCCCCCCC1CCCCC(=O)O1. The van der Waals surface area contributed by atoms with Crippen molar-refractivity contribution in [1.82, 2.24) is 0 Å². The Morgan fingerprint density at radius 1 is 1.12 bits per heavy atom. The Morgan fingerprint density at radius 2 is 1.88 bits per heavy atom. The maximum absolute atomic E-state index is 11.2. The van der Waals surface area contributed by atoms with Crippen LogP contribution in [0.15, 0.2) is 0 Å². The quantitative estimate of drug-likeness (QED) is 0.480. The van der Waals surface area contributed by atoms with Gasteiger partial charge < -0.3 is 4.74 Å². The third-order valence-corrected chi connectivity index (χ3v) is 3.33. The summed E-state index contributed by atoms with van der Waals surface area (Å²) in [5, 5.41) is 0. The molecule has 0 aromatic carbocycles. The number of carbonyl (C=O) groups is 1. The van der Waals surface area contributed by atoms with Crippen LogP contribution in [0.2, 0.25) is 0 Å². The van der Waals surface area contributed by atoms with Crippen molar-refractivity contribution in [2.45, 2.75) is 83.7 Å². The van der Waals surface area contributed by atoms with Crippen LogP contribution in [0, 0.1) is 0 Å². The van der Waals surface area contributed by atoms with E-state index in [1.54, 1.807) is 0 Å². The fraction of sp³-hybridized carbons (Fsp3) is 0.929. The van der Waals surface area contributed by atoms with E-state index >= 15 is 0 Å². The van der Waals surface area contributed by atoms with Gasteiger partial charge in [0.2, 0.25) is 0 Å². The molecule has 0 aromatic heterocycles. The minimum absolute atomic E-state index is 0.0217. The topological polar surface area (TPSA) is 26.3 Å². The summed E-state index contributed by atoms with van der Waals surface area (Å²) in [6.07, 6.45) is 13.1. The smallest absolute Gasteiger partial charge is 0.306 e. The van der Waals surface area contributed by atoms with E-state index in [0.29, 0.717) is 6.42 Å². The van der Waals surface area contributed by atoms with E-state index in [4.69, 9.17) is 4.74 Å². The average molecular weight is 226 g/mol. The van der Waals surface area contributed by atoms with Crippen molar-refractivity contribution >= 4 is 5.97 Å². The first kappa shape index (κ1) is 13.5. The highest BCUT2D eigenvalue weighted by Crippen LogP contribution is 2.19. The minimum atomic E-state index is 0.0217. The van der Waals surface area contributed by atoms with Crippen molar-refractivity contribution in [3.63, 3.8) is 0 Å². The monoisotopic (exact) mass is 226 g/mol. The first-order chi connectivity index (χ1) is 7.83. The second-order valence-corrected chi connectivity index (χ2v) is 4.91. The number of carbonyl (C=O) groups excluding carboxylic acids is 1. The standard InChI is InChI=1S/C14H26O2/c1-2-3-4-5-6-7-10-13-11-8-9-12-14(15)16-13/h13H,2-12H2,1H3. The molecule has 1 unspecified atom stereocenters. The summed E-state index contributed by atoms with van der Waals surface area (Å²) in [6.45, 7) is 2.24. The maximum atomic E-state index is 11.2. The Hall–Kier alpha value is -0.530. The molecule has 0 amide bonds. The van der Waals surface area contributed by atoms with Crippen LogP contribution in [0.25, 0.3) is 0 Å². The maximum Gasteiger partial charge on any atom is 0.306 e. The van der Waals surface area contributed by atoms with Gasteiger partial charge in [-0.3, -0.25) is 4.79 Å². The van der Waals surface area contributed by atoms with E-state index in [2.05, 4.69) is 6.92 Å². The molecule has 16 heavy (non-hydrogen) atoms. The molecule has 0 radical (unpaired) electrons. The molecule has 1 atom stereocenters. The molecule has 0 aliphatic carbocycles. The summed E-state index contributed by atoms with van der Waals surface area (Å²) < 4.78 is 5.40. The lowest BCUT2D eigenvalue weighted by atomic mass is 10.0. The van der Waals surface area contributed by atoms with Gasteiger partial charge in [-0.1, -0.05) is 39.0 Å². The highest BCUT2D eigenvalue weighted by Gasteiger charge is 2.17. The van der Waals surface area contributed by atoms with Crippen LogP contribution in [-0.4, -0.2) is 12.1 Å². The number of unbranched alkanes of at least 4 members (excludes halogenated alkanes) is 5. The number of esters is 1. The van der Waals surface area contributed by atoms with Crippen LogP contribution < -0.4 is 0 Å². The van der Waals surface area contributed by atoms with E-state index < -0.39 is 0 Å². The van der Waals surface area contributed by atoms with Crippen LogP contribution in [-0.2, 0) is 9.53 Å². The lowest BCUT2D eigenvalue weighted by Gasteiger charge is -2.14. The van der Waals surface area contributed by atoms with Gasteiger partial charge in [0.05, 0.1) is 0 Å². The molecular formula is C14H26O2. The second kappa shape index (κ2) is 8.60. The zero-order valence-electron chi connectivity index (χ0n) is 10.7. The molecule has 1 aliphatic rings. The Morgan fingerprint density at radius 3 is 2.69 bits per heavy atom. The highest BCUT2D eigenvalue weighted by atomic mass is 16.5. The van der Waals surface area contributed by atoms with E-state index in [0.717, 1.165) is 25.7 Å². The van der Waals surface area contributed by atoms with Crippen LogP contribution in [0.5, 0.6) is 0 Å². The molecule has 0 aromatic rings. The van der Waals surface area contributed by atoms with Crippen LogP contribution in [0.3, 0.4) is 0 Å². The van der Waals surface area contributed by atoms with Crippen LogP contribution in [0.4, 0.5) is 0 Å². The Bertz CT molecular complexity index is 189. The van der Waals surface area contributed by atoms with Gasteiger partial charge in [-0.15, -0.1) is 0 Å². The zero-order chi connectivity index (χ0) is 11.6. The minimum Gasteiger partial charge on any atom is -0.462 e. The van der Waals surface area contributed by atoms with Crippen LogP contribution >= 0.6 is 0 Å². The van der Waals surface area contributed by atoms with Crippen molar-refractivity contribution < 1.29 is 9.53 Å². The third-order valence-electron chi connectivity index (χ3n) is 3.33. The number of cyclic esters (lactones) is 1. The number of hydrogen-bond donors (Lipinski definition) is 0. The zero-order valence-corrected chi connectivity index (χ0v) is 10.7. The molecule has 0 N–H and O–H groups in total. The molecule has 1 fully saturated rings. The van der Waals surface area contributed by atoms with E-state index in [9.17, 15) is 4.79 Å². The van der Waals surface area contributed by atoms with Crippen LogP contribution in [0.1, 0.15) is 77.6 Å². The lowest BCUT2D eigenvalue weighted by Crippen LogP contribution is -2.15. The Kier molecular flexibility index (Phi) is 7.28. The average Bonchev–Trinajstić information content (AvgIpc) is 2.48. The molecule has 0 bridgehead atoms. The number of ether oxygens (including phenoxy) is 1. The molecule has 1 saturated heterocycles. The van der Waals surface area contributed by atoms with Gasteiger partial charge in [0.15, 0.2) is 0 Å². The lowest BCUT2D eigenvalue weighted by molar-refractivity contribution is -0.148. The molecule has 0 spiro atoms. The van der Waals surface area contributed by atoms with Crippen molar-refractivity contribution in [2.75, 3.05) is 0 Å². The molecule has 1 rings (SSSR count). The van der Waals surface area contributed by atoms with Gasteiger partial charge in [-0.05, 0) is 32.1 Å². The normalized spacial score (nSPS) is 21.6. The number of rotatable bonds is 7. The summed E-state index contributed by atoms with van der Waals surface area (Å²) in [4.78, 5) is 11.2. The Balaban J connectivity index is 2.00. The second-order valence-electron chi connectivity index (χ2n) is 4.91. The van der Waals surface area contributed by atoms with Crippen molar-refractivity contribution in [1.29, 1.82) is 0 Å². The fourth-order valence-corrected chi connectivity index (χ4v) is 2.30. The highest BCUT2D eigenvalue weighted by molar-refractivity contribution is 5.69. The van der Waals surface area contributed by atoms with Gasteiger partial charge in [0, 0.05) is 6.42 Å². The number of hydrogen-bond acceptors (Lipinski definition) is 2. The van der Waals surface area contributed by atoms with Gasteiger partial charge in [-0.25, -0.2) is 0 Å². The predicted molar refractivity (Wildman–Crippen MR) is 66.3 cm³/mol. The van der Waals surface area contributed by atoms with E-state index in [-0.39, 0.29) is 12.1 Å².